The molecular weight excluding hydrogens is 294 g/mol. The van der Waals surface area contributed by atoms with E-state index in [-0.39, 0.29) is 30.1 Å². The first-order chi connectivity index (χ1) is 10.6. The molecule has 1 fully saturated rings. The van der Waals surface area contributed by atoms with E-state index >= 15 is 0 Å². The smallest absolute Gasteiger partial charge is 0.410 e. The Kier molecular flexibility index (Phi) is 7.32. The third kappa shape index (κ3) is 6.77. The van der Waals surface area contributed by atoms with Crippen molar-refractivity contribution in [1.29, 1.82) is 0 Å². The number of nitrogens with one attached hydrogen (secondary N) is 2. The van der Waals surface area contributed by atoms with E-state index in [0.29, 0.717) is 6.54 Å². The van der Waals surface area contributed by atoms with Crippen LogP contribution >= 0.6 is 0 Å². The van der Waals surface area contributed by atoms with E-state index in [9.17, 15) is 9.59 Å². The lowest BCUT2D eigenvalue weighted by Crippen LogP contribution is -2.48. The van der Waals surface area contributed by atoms with Gasteiger partial charge in [0.2, 0.25) is 5.91 Å². The first-order valence-corrected chi connectivity index (χ1v) is 8.67. The number of carbonyl (C=O) groups excluding carboxylic acids is 2. The van der Waals surface area contributed by atoms with Gasteiger partial charge in [0.05, 0.1) is 6.04 Å². The minimum absolute atomic E-state index is 0.00905. The molecule has 1 aliphatic heterocycles. The number of likely N-dealkylation sites (tertiary alicyclic amines) is 1. The van der Waals surface area contributed by atoms with Crippen molar-refractivity contribution in [2.24, 2.45) is 0 Å². The Balaban J connectivity index is 2.51. The summed E-state index contributed by atoms with van der Waals surface area (Å²) < 4.78 is 5.49. The Hall–Kier alpha value is -1.30. The second kappa shape index (κ2) is 8.52. The molecule has 0 aromatic carbocycles. The molecule has 6 nitrogen and oxygen atoms in total. The zero-order valence-corrected chi connectivity index (χ0v) is 15.4. The second-order valence-corrected chi connectivity index (χ2v) is 7.39. The van der Waals surface area contributed by atoms with E-state index in [2.05, 4.69) is 17.6 Å². The number of hydrogen-bond acceptors (Lipinski definition) is 4. The summed E-state index contributed by atoms with van der Waals surface area (Å²) in [7, 11) is 0. The first kappa shape index (κ1) is 19.7. The summed E-state index contributed by atoms with van der Waals surface area (Å²) in [4.78, 5) is 25.9. The van der Waals surface area contributed by atoms with Gasteiger partial charge < -0.3 is 20.3 Å². The molecule has 3 atom stereocenters. The van der Waals surface area contributed by atoms with Crippen molar-refractivity contribution in [3.8, 4) is 0 Å². The van der Waals surface area contributed by atoms with E-state index in [1.807, 2.05) is 39.5 Å². The van der Waals surface area contributed by atoms with Crippen molar-refractivity contribution in [3.63, 3.8) is 0 Å². The average Bonchev–Trinajstić information content (AvgIpc) is 2.84. The fourth-order valence-corrected chi connectivity index (χ4v) is 2.95. The van der Waals surface area contributed by atoms with Crippen LogP contribution in [0.25, 0.3) is 0 Å². The summed E-state index contributed by atoms with van der Waals surface area (Å²) in [6, 6.07) is 0.0933. The van der Waals surface area contributed by atoms with Gasteiger partial charge in [0, 0.05) is 25.2 Å². The highest BCUT2D eigenvalue weighted by Gasteiger charge is 2.33. The van der Waals surface area contributed by atoms with Crippen LogP contribution in [0.2, 0.25) is 0 Å². The fourth-order valence-electron chi connectivity index (χ4n) is 2.95. The largest absolute Gasteiger partial charge is 0.444 e. The van der Waals surface area contributed by atoms with Crippen molar-refractivity contribution in [2.75, 3.05) is 13.1 Å². The number of amides is 2. The number of likely N-dealkylation sites (N-methyl/N-ethyl adjacent to an activating group) is 1. The monoisotopic (exact) mass is 327 g/mol. The number of ether oxygens (including phenoxy) is 1. The van der Waals surface area contributed by atoms with Gasteiger partial charge in [-0.1, -0.05) is 0 Å². The van der Waals surface area contributed by atoms with Gasteiger partial charge in [-0.05, 0) is 60.8 Å². The Morgan fingerprint density at radius 3 is 2.52 bits per heavy atom. The van der Waals surface area contributed by atoms with Gasteiger partial charge >= 0.3 is 6.09 Å². The highest BCUT2D eigenvalue weighted by atomic mass is 16.6. The molecule has 1 rings (SSSR count). The quantitative estimate of drug-likeness (QED) is 0.785. The van der Waals surface area contributed by atoms with Gasteiger partial charge in [-0.15, -0.1) is 0 Å². The van der Waals surface area contributed by atoms with Gasteiger partial charge in [-0.25, -0.2) is 4.79 Å². The average molecular weight is 327 g/mol. The molecule has 0 aromatic heterocycles. The fraction of sp³-hybridized carbons (Fsp3) is 0.882. The van der Waals surface area contributed by atoms with Crippen LogP contribution in [0, 0.1) is 0 Å². The van der Waals surface area contributed by atoms with Crippen molar-refractivity contribution < 1.29 is 14.3 Å². The summed E-state index contributed by atoms with van der Waals surface area (Å²) in [5, 5.41) is 6.12. The van der Waals surface area contributed by atoms with E-state index in [4.69, 9.17) is 4.74 Å². The molecular formula is C17H33N3O3. The summed E-state index contributed by atoms with van der Waals surface area (Å²) in [5.41, 5.74) is -0.471. The molecule has 134 valence electrons. The molecule has 3 unspecified atom stereocenters. The van der Waals surface area contributed by atoms with Crippen molar-refractivity contribution in [3.05, 3.63) is 0 Å². The predicted molar refractivity (Wildman–Crippen MR) is 91.3 cm³/mol. The molecule has 2 amide bonds. The molecule has 0 radical (unpaired) electrons. The van der Waals surface area contributed by atoms with Gasteiger partial charge in [0.25, 0.3) is 0 Å². The lowest BCUT2D eigenvalue weighted by Gasteiger charge is -2.30. The van der Waals surface area contributed by atoms with Crippen LogP contribution in [0.15, 0.2) is 0 Å². The third-order valence-corrected chi connectivity index (χ3v) is 3.91. The summed E-state index contributed by atoms with van der Waals surface area (Å²) in [6.45, 7) is 12.9. The summed E-state index contributed by atoms with van der Waals surface area (Å²) in [5.74, 6) is 0.00905. The van der Waals surface area contributed by atoms with Crippen LogP contribution in [0.1, 0.15) is 60.8 Å². The molecule has 1 aliphatic rings. The van der Waals surface area contributed by atoms with E-state index in [1.165, 1.54) is 0 Å². The molecule has 2 N–H and O–H groups in total. The molecule has 0 aromatic rings. The molecule has 0 spiro atoms. The first-order valence-electron chi connectivity index (χ1n) is 8.67. The van der Waals surface area contributed by atoms with Gasteiger partial charge in [-0.3, -0.25) is 4.79 Å². The summed E-state index contributed by atoms with van der Waals surface area (Å²) in [6.07, 6.45) is 2.58. The SMILES string of the molecule is CCNC(=O)C(C)NC(C)CC1CCCN1C(=O)OC(C)(C)C. The number of nitrogens with zero attached hydrogens (tertiary/aromatic N) is 1. The standard InChI is InChI=1S/C17H33N3O3/c1-7-18-15(21)13(3)19-12(2)11-14-9-8-10-20(14)16(22)23-17(4,5)6/h12-14,19H,7-11H2,1-6H3,(H,18,21). The lowest BCUT2D eigenvalue weighted by molar-refractivity contribution is -0.122. The van der Waals surface area contributed by atoms with Crippen molar-refractivity contribution >= 4 is 12.0 Å². The molecule has 6 heteroatoms. The maximum absolute atomic E-state index is 12.3. The zero-order chi connectivity index (χ0) is 17.6. The maximum Gasteiger partial charge on any atom is 0.410 e. The van der Waals surface area contributed by atoms with Crippen LogP contribution in [0.3, 0.4) is 0 Å². The van der Waals surface area contributed by atoms with Gasteiger partial charge in [-0.2, -0.15) is 0 Å². The Morgan fingerprint density at radius 2 is 1.96 bits per heavy atom. The Labute approximate surface area is 140 Å². The van der Waals surface area contributed by atoms with Crippen LogP contribution in [-0.2, 0) is 9.53 Å². The minimum Gasteiger partial charge on any atom is -0.444 e. The van der Waals surface area contributed by atoms with Gasteiger partial charge in [0.1, 0.15) is 5.60 Å². The topological polar surface area (TPSA) is 70.7 Å². The normalized spacial score (nSPS) is 21.0. The minimum atomic E-state index is -0.471. The van der Waals surface area contributed by atoms with E-state index in [0.717, 1.165) is 25.8 Å². The Bertz CT molecular complexity index is 406. The number of hydrogen-bond donors (Lipinski definition) is 2. The highest BCUT2D eigenvalue weighted by Crippen LogP contribution is 2.24. The molecule has 0 saturated carbocycles. The van der Waals surface area contributed by atoms with Crippen LogP contribution in [0.5, 0.6) is 0 Å². The van der Waals surface area contributed by atoms with E-state index in [1.54, 1.807) is 0 Å². The number of rotatable bonds is 6. The Morgan fingerprint density at radius 1 is 1.30 bits per heavy atom. The van der Waals surface area contributed by atoms with Crippen molar-refractivity contribution in [1.82, 2.24) is 15.5 Å². The van der Waals surface area contributed by atoms with Crippen LogP contribution in [0.4, 0.5) is 4.79 Å². The second-order valence-electron chi connectivity index (χ2n) is 7.39. The lowest BCUT2D eigenvalue weighted by atomic mass is 10.1. The molecule has 0 aliphatic carbocycles. The maximum atomic E-state index is 12.3. The van der Waals surface area contributed by atoms with Gasteiger partial charge in [0.15, 0.2) is 0 Å². The predicted octanol–water partition coefficient (Wildman–Crippen LogP) is 2.28. The molecule has 1 heterocycles. The molecule has 0 bridgehead atoms. The van der Waals surface area contributed by atoms with Crippen molar-refractivity contribution in [2.45, 2.75) is 84.5 Å². The molecule has 1 saturated heterocycles. The molecule has 23 heavy (non-hydrogen) atoms. The zero-order valence-electron chi connectivity index (χ0n) is 15.4. The van der Waals surface area contributed by atoms with Crippen LogP contribution < -0.4 is 10.6 Å². The highest BCUT2D eigenvalue weighted by molar-refractivity contribution is 5.81. The number of carbonyl (C=O) groups is 2. The third-order valence-electron chi connectivity index (χ3n) is 3.91. The summed E-state index contributed by atoms with van der Waals surface area (Å²) >= 11 is 0. The van der Waals surface area contributed by atoms with E-state index < -0.39 is 5.60 Å². The van der Waals surface area contributed by atoms with Crippen LogP contribution in [-0.4, -0.2) is 53.7 Å².